The van der Waals surface area contributed by atoms with E-state index < -0.39 is 0 Å². The Bertz CT molecular complexity index is 643. The van der Waals surface area contributed by atoms with Crippen LogP contribution in [0.2, 0.25) is 0 Å². The number of carbonyl (C=O) groups is 1. The maximum absolute atomic E-state index is 12.6. The summed E-state index contributed by atoms with van der Waals surface area (Å²) in [5.41, 5.74) is 4.60. The second kappa shape index (κ2) is 6.63. The fourth-order valence-electron chi connectivity index (χ4n) is 2.81. The van der Waals surface area contributed by atoms with E-state index in [1.54, 1.807) is 11.3 Å². The van der Waals surface area contributed by atoms with Gasteiger partial charge in [-0.1, -0.05) is 6.07 Å². The first-order valence-corrected chi connectivity index (χ1v) is 8.68. The molecule has 0 spiro atoms. The predicted octanol–water partition coefficient (Wildman–Crippen LogP) is 3.32. The summed E-state index contributed by atoms with van der Waals surface area (Å²) in [6.45, 7) is 8.66. The van der Waals surface area contributed by atoms with Crippen LogP contribution < -0.4 is 0 Å². The molecule has 2 aromatic rings. The van der Waals surface area contributed by atoms with Crippen molar-refractivity contribution in [1.82, 2.24) is 9.80 Å². The molecule has 0 atom stereocenters. The van der Waals surface area contributed by atoms with Gasteiger partial charge in [-0.15, -0.1) is 0 Å². The van der Waals surface area contributed by atoms with Gasteiger partial charge < -0.3 is 4.90 Å². The molecular formula is C18H22N2OS. The van der Waals surface area contributed by atoms with Crippen LogP contribution in [-0.4, -0.2) is 41.9 Å². The molecule has 0 radical (unpaired) electrons. The van der Waals surface area contributed by atoms with Gasteiger partial charge in [-0.2, -0.15) is 11.3 Å². The van der Waals surface area contributed by atoms with E-state index >= 15 is 0 Å². The Balaban J connectivity index is 1.58. The van der Waals surface area contributed by atoms with Crippen molar-refractivity contribution in [3.63, 3.8) is 0 Å². The van der Waals surface area contributed by atoms with Crippen molar-refractivity contribution in [2.24, 2.45) is 0 Å². The summed E-state index contributed by atoms with van der Waals surface area (Å²) in [4.78, 5) is 17.0. The average Bonchev–Trinajstić information content (AvgIpc) is 3.03. The minimum Gasteiger partial charge on any atom is -0.336 e. The fraction of sp³-hybridized carbons (Fsp3) is 0.389. The van der Waals surface area contributed by atoms with Gasteiger partial charge in [-0.25, -0.2) is 0 Å². The zero-order valence-corrected chi connectivity index (χ0v) is 14.0. The summed E-state index contributed by atoms with van der Waals surface area (Å²) >= 11 is 1.74. The smallest absolute Gasteiger partial charge is 0.253 e. The lowest BCUT2D eigenvalue weighted by Crippen LogP contribution is -2.48. The summed E-state index contributed by atoms with van der Waals surface area (Å²) in [6.07, 6.45) is 0. The van der Waals surface area contributed by atoms with Crippen LogP contribution in [0.15, 0.2) is 35.0 Å². The Morgan fingerprint density at radius 2 is 1.86 bits per heavy atom. The van der Waals surface area contributed by atoms with E-state index in [1.807, 2.05) is 23.1 Å². The van der Waals surface area contributed by atoms with Crippen molar-refractivity contribution in [1.29, 1.82) is 0 Å². The van der Waals surface area contributed by atoms with Gasteiger partial charge in [0, 0.05) is 38.3 Å². The first-order chi connectivity index (χ1) is 10.6. The van der Waals surface area contributed by atoms with E-state index in [1.165, 1.54) is 16.7 Å². The van der Waals surface area contributed by atoms with Gasteiger partial charge in [0.05, 0.1) is 0 Å². The van der Waals surface area contributed by atoms with E-state index in [2.05, 4.69) is 35.6 Å². The zero-order chi connectivity index (χ0) is 15.5. The van der Waals surface area contributed by atoms with E-state index in [0.717, 1.165) is 38.3 Å². The molecule has 0 saturated carbocycles. The molecule has 1 aliphatic rings. The highest BCUT2D eigenvalue weighted by molar-refractivity contribution is 7.07. The second-order valence-corrected chi connectivity index (χ2v) is 6.78. The number of hydrogen-bond acceptors (Lipinski definition) is 3. The Hall–Kier alpha value is -1.65. The summed E-state index contributed by atoms with van der Waals surface area (Å²) < 4.78 is 0. The van der Waals surface area contributed by atoms with Gasteiger partial charge in [0.15, 0.2) is 0 Å². The number of benzene rings is 1. The SMILES string of the molecule is Cc1ccc(C(=O)N2CCN(Cc3ccsc3)CC2)cc1C. The molecular weight excluding hydrogens is 292 g/mol. The number of thiophene rings is 1. The topological polar surface area (TPSA) is 23.6 Å². The van der Waals surface area contributed by atoms with Crippen LogP contribution in [-0.2, 0) is 6.54 Å². The quantitative estimate of drug-likeness (QED) is 0.867. The highest BCUT2D eigenvalue weighted by atomic mass is 32.1. The van der Waals surface area contributed by atoms with Crippen molar-refractivity contribution in [2.75, 3.05) is 26.2 Å². The van der Waals surface area contributed by atoms with Crippen LogP contribution in [0.5, 0.6) is 0 Å². The normalized spacial score (nSPS) is 16.0. The molecule has 1 fully saturated rings. The third kappa shape index (κ3) is 3.39. The second-order valence-electron chi connectivity index (χ2n) is 6.00. The van der Waals surface area contributed by atoms with Crippen molar-refractivity contribution >= 4 is 17.2 Å². The minimum absolute atomic E-state index is 0.165. The molecule has 2 heterocycles. The summed E-state index contributed by atoms with van der Waals surface area (Å²) in [7, 11) is 0. The molecule has 0 N–H and O–H groups in total. The summed E-state index contributed by atoms with van der Waals surface area (Å²) in [5.74, 6) is 0.165. The van der Waals surface area contributed by atoms with Crippen LogP contribution in [0.1, 0.15) is 27.0 Å². The molecule has 1 aromatic carbocycles. The number of aryl methyl sites for hydroxylation is 2. The molecule has 1 saturated heterocycles. The lowest BCUT2D eigenvalue weighted by molar-refractivity contribution is 0.0628. The van der Waals surface area contributed by atoms with Crippen molar-refractivity contribution < 1.29 is 4.79 Å². The molecule has 3 nitrogen and oxygen atoms in total. The molecule has 1 aliphatic heterocycles. The minimum atomic E-state index is 0.165. The molecule has 0 unspecified atom stereocenters. The summed E-state index contributed by atoms with van der Waals surface area (Å²) in [5, 5.41) is 4.32. The largest absolute Gasteiger partial charge is 0.336 e. The standard InChI is InChI=1S/C18H22N2OS/c1-14-3-4-17(11-15(14)2)18(21)20-8-6-19(7-9-20)12-16-5-10-22-13-16/h3-5,10-11,13H,6-9,12H2,1-2H3. The van der Waals surface area contributed by atoms with Crippen molar-refractivity contribution in [2.45, 2.75) is 20.4 Å². The third-order valence-corrected chi connectivity index (χ3v) is 5.13. The first kappa shape index (κ1) is 15.3. The van der Waals surface area contributed by atoms with Gasteiger partial charge >= 0.3 is 0 Å². The lowest BCUT2D eigenvalue weighted by Gasteiger charge is -2.34. The van der Waals surface area contributed by atoms with Gasteiger partial charge in [0.2, 0.25) is 0 Å². The molecule has 116 valence electrons. The molecule has 4 heteroatoms. The van der Waals surface area contributed by atoms with Gasteiger partial charge in [0.1, 0.15) is 0 Å². The molecule has 0 bridgehead atoms. The number of rotatable bonds is 3. The zero-order valence-electron chi connectivity index (χ0n) is 13.2. The molecule has 1 amide bonds. The Morgan fingerprint density at radius 1 is 1.09 bits per heavy atom. The van der Waals surface area contributed by atoms with Gasteiger partial charge in [0.25, 0.3) is 5.91 Å². The lowest BCUT2D eigenvalue weighted by atomic mass is 10.1. The van der Waals surface area contributed by atoms with Crippen LogP contribution in [0.4, 0.5) is 0 Å². The number of carbonyl (C=O) groups excluding carboxylic acids is 1. The number of nitrogens with zero attached hydrogens (tertiary/aromatic N) is 2. The fourth-order valence-corrected chi connectivity index (χ4v) is 3.47. The molecule has 22 heavy (non-hydrogen) atoms. The molecule has 1 aromatic heterocycles. The number of amides is 1. The van der Waals surface area contributed by atoms with Crippen LogP contribution in [0.3, 0.4) is 0 Å². The highest BCUT2D eigenvalue weighted by Crippen LogP contribution is 2.15. The first-order valence-electron chi connectivity index (χ1n) is 7.73. The van der Waals surface area contributed by atoms with Crippen molar-refractivity contribution in [3.8, 4) is 0 Å². The Kier molecular flexibility index (Phi) is 4.60. The van der Waals surface area contributed by atoms with E-state index in [-0.39, 0.29) is 5.91 Å². The number of piperazine rings is 1. The van der Waals surface area contributed by atoms with Crippen LogP contribution >= 0.6 is 11.3 Å². The van der Waals surface area contributed by atoms with E-state index in [4.69, 9.17) is 0 Å². The van der Waals surface area contributed by atoms with Crippen molar-refractivity contribution in [3.05, 3.63) is 57.3 Å². The van der Waals surface area contributed by atoms with Gasteiger partial charge in [-0.3, -0.25) is 9.69 Å². The van der Waals surface area contributed by atoms with Crippen LogP contribution in [0.25, 0.3) is 0 Å². The third-order valence-electron chi connectivity index (χ3n) is 4.40. The van der Waals surface area contributed by atoms with E-state index in [9.17, 15) is 4.79 Å². The Morgan fingerprint density at radius 3 is 2.50 bits per heavy atom. The monoisotopic (exact) mass is 314 g/mol. The maximum Gasteiger partial charge on any atom is 0.253 e. The van der Waals surface area contributed by atoms with Crippen LogP contribution in [0, 0.1) is 13.8 Å². The predicted molar refractivity (Wildman–Crippen MR) is 91.4 cm³/mol. The number of hydrogen-bond donors (Lipinski definition) is 0. The molecule has 0 aliphatic carbocycles. The summed E-state index contributed by atoms with van der Waals surface area (Å²) in [6, 6.07) is 8.17. The van der Waals surface area contributed by atoms with Gasteiger partial charge in [-0.05, 0) is 59.5 Å². The van der Waals surface area contributed by atoms with E-state index in [0.29, 0.717) is 0 Å². The highest BCUT2D eigenvalue weighted by Gasteiger charge is 2.22. The Labute approximate surface area is 136 Å². The molecule has 3 rings (SSSR count). The average molecular weight is 314 g/mol. The maximum atomic E-state index is 12.6.